The normalized spacial score (nSPS) is 10.3. The molecule has 0 aliphatic rings. The van der Waals surface area contributed by atoms with Crippen LogP contribution in [0.3, 0.4) is 0 Å². The van der Waals surface area contributed by atoms with Crippen LogP contribution in [0.1, 0.15) is 10.4 Å². The number of carbonyl (C=O) groups is 1. The first-order valence-electron chi connectivity index (χ1n) is 4.81. The summed E-state index contributed by atoms with van der Waals surface area (Å²) in [4.78, 5) is 10.7. The first-order chi connectivity index (χ1) is 8.08. The van der Waals surface area contributed by atoms with Crippen molar-refractivity contribution in [3.63, 3.8) is 0 Å². The molecule has 0 aliphatic carbocycles. The van der Waals surface area contributed by atoms with E-state index in [0.717, 1.165) is 0 Å². The van der Waals surface area contributed by atoms with E-state index in [1.54, 1.807) is 24.3 Å². The second-order valence-electron chi connectivity index (χ2n) is 3.55. The van der Waals surface area contributed by atoms with E-state index in [2.05, 4.69) is 0 Å². The fourth-order valence-corrected chi connectivity index (χ4v) is 2.09. The van der Waals surface area contributed by atoms with E-state index in [1.807, 2.05) is 0 Å². The lowest BCUT2D eigenvalue weighted by atomic mass is 10.0. The molecular weight excluding hydrogens is 262 g/mol. The van der Waals surface area contributed by atoms with Crippen LogP contribution in [-0.4, -0.2) is 6.29 Å². The van der Waals surface area contributed by atoms with E-state index >= 15 is 0 Å². The molecule has 0 aliphatic heterocycles. The van der Waals surface area contributed by atoms with Crippen LogP contribution in [0.4, 0.5) is 4.39 Å². The zero-order valence-electron chi connectivity index (χ0n) is 8.58. The van der Waals surface area contributed by atoms with Crippen molar-refractivity contribution in [3.8, 4) is 11.1 Å². The van der Waals surface area contributed by atoms with Gasteiger partial charge in [-0.2, -0.15) is 0 Å². The van der Waals surface area contributed by atoms with Crippen LogP contribution >= 0.6 is 23.2 Å². The number of rotatable bonds is 2. The summed E-state index contributed by atoms with van der Waals surface area (Å²) in [6.07, 6.45) is 0.596. The molecule has 0 unspecified atom stereocenters. The first-order valence-corrected chi connectivity index (χ1v) is 5.56. The van der Waals surface area contributed by atoms with Gasteiger partial charge >= 0.3 is 0 Å². The summed E-state index contributed by atoms with van der Waals surface area (Å²) in [7, 11) is 0. The predicted molar refractivity (Wildman–Crippen MR) is 67.2 cm³/mol. The average Bonchev–Trinajstić information content (AvgIpc) is 2.26. The summed E-state index contributed by atoms with van der Waals surface area (Å²) in [5.41, 5.74) is 1.51. The molecule has 1 nitrogen and oxygen atoms in total. The van der Waals surface area contributed by atoms with E-state index in [-0.39, 0.29) is 5.56 Å². The molecule has 0 bridgehead atoms. The van der Waals surface area contributed by atoms with E-state index in [0.29, 0.717) is 27.5 Å². The first kappa shape index (κ1) is 12.1. The zero-order chi connectivity index (χ0) is 12.4. The molecule has 0 radical (unpaired) electrons. The molecule has 2 aromatic rings. The largest absolute Gasteiger partial charge is 0.298 e. The van der Waals surface area contributed by atoms with Crippen LogP contribution in [0.25, 0.3) is 11.1 Å². The van der Waals surface area contributed by atoms with Gasteiger partial charge in [0.2, 0.25) is 0 Å². The molecule has 4 heteroatoms. The van der Waals surface area contributed by atoms with Gasteiger partial charge in [0, 0.05) is 15.6 Å². The molecule has 2 rings (SSSR count). The second kappa shape index (κ2) is 4.86. The fourth-order valence-electron chi connectivity index (χ4n) is 1.57. The molecule has 0 N–H and O–H groups in total. The van der Waals surface area contributed by atoms with Crippen molar-refractivity contribution in [2.24, 2.45) is 0 Å². The topological polar surface area (TPSA) is 17.1 Å². The van der Waals surface area contributed by atoms with Gasteiger partial charge in [-0.1, -0.05) is 23.2 Å². The number of halogens is 3. The van der Waals surface area contributed by atoms with Crippen LogP contribution < -0.4 is 0 Å². The van der Waals surface area contributed by atoms with Gasteiger partial charge in [-0.15, -0.1) is 0 Å². The fraction of sp³-hybridized carbons (Fsp3) is 0. The SMILES string of the molecule is O=Cc1cc(F)cc(-c2cc(Cl)cc(Cl)c2)c1. The van der Waals surface area contributed by atoms with E-state index in [1.165, 1.54) is 12.1 Å². The molecule has 86 valence electrons. The molecule has 0 aromatic heterocycles. The summed E-state index contributed by atoms with van der Waals surface area (Å²) in [5.74, 6) is -0.472. The van der Waals surface area contributed by atoms with Gasteiger partial charge in [0.25, 0.3) is 0 Å². The van der Waals surface area contributed by atoms with Crippen LogP contribution in [0.2, 0.25) is 10.0 Å². The third kappa shape index (κ3) is 2.84. The Hall–Kier alpha value is -1.38. The highest BCUT2D eigenvalue weighted by molar-refractivity contribution is 6.35. The van der Waals surface area contributed by atoms with Crippen molar-refractivity contribution >= 4 is 29.5 Å². The highest BCUT2D eigenvalue weighted by Gasteiger charge is 2.05. The molecule has 0 heterocycles. The van der Waals surface area contributed by atoms with Crippen molar-refractivity contribution in [3.05, 3.63) is 57.8 Å². The van der Waals surface area contributed by atoms with Crippen LogP contribution in [-0.2, 0) is 0 Å². The maximum atomic E-state index is 13.3. The van der Waals surface area contributed by atoms with Crippen molar-refractivity contribution < 1.29 is 9.18 Å². The predicted octanol–water partition coefficient (Wildman–Crippen LogP) is 4.61. The van der Waals surface area contributed by atoms with Crippen LogP contribution in [0, 0.1) is 5.82 Å². The van der Waals surface area contributed by atoms with Crippen molar-refractivity contribution in [2.45, 2.75) is 0 Å². The quantitative estimate of drug-likeness (QED) is 0.727. The Balaban J connectivity index is 2.59. The molecule has 0 spiro atoms. The summed E-state index contributed by atoms with van der Waals surface area (Å²) in [5, 5.41) is 0.925. The van der Waals surface area contributed by atoms with Crippen molar-refractivity contribution in [1.29, 1.82) is 0 Å². The Morgan fingerprint density at radius 1 is 0.882 bits per heavy atom. The number of hydrogen-bond acceptors (Lipinski definition) is 1. The number of aldehydes is 1. The zero-order valence-corrected chi connectivity index (χ0v) is 10.1. The lowest BCUT2D eigenvalue weighted by Gasteiger charge is -2.05. The van der Waals surface area contributed by atoms with E-state index < -0.39 is 5.82 Å². The highest BCUT2D eigenvalue weighted by atomic mass is 35.5. The van der Waals surface area contributed by atoms with Gasteiger partial charge in [0.1, 0.15) is 12.1 Å². The van der Waals surface area contributed by atoms with Crippen molar-refractivity contribution in [2.75, 3.05) is 0 Å². The Bertz CT molecular complexity index is 561. The molecule has 0 fully saturated rings. The molecule has 2 aromatic carbocycles. The van der Waals surface area contributed by atoms with E-state index in [9.17, 15) is 9.18 Å². The lowest BCUT2D eigenvalue weighted by molar-refractivity contribution is 0.112. The summed E-state index contributed by atoms with van der Waals surface area (Å²) >= 11 is 11.7. The van der Waals surface area contributed by atoms with Crippen LogP contribution in [0.15, 0.2) is 36.4 Å². The Labute approximate surface area is 108 Å². The molecule has 0 amide bonds. The van der Waals surface area contributed by atoms with Crippen LogP contribution in [0.5, 0.6) is 0 Å². The lowest BCUT2D eigenvalue weighted by Crippen LogP contribution is -1.86. The average molecular weight is 269 g/mol. The number of benzene rings is 2. The second-order valence-corrected chi connectivity index (χ2v) is 4.42. The number of hydrogen-bond donors (Lipinski definition) is 0. The molecule has 0 saturated carbocycles. The Morgan fingerprint density at radius 2 is 1.47 bits per heavy atom. The minimum absolute atomic E-state index is 0.274. The molecule has 0 atom stereocenters. The molecule has 0 saturated heterocycles. The van der Waals surface area contributed by atoms with E-state index in [4.69, 9.17) is 23.2 Å². The Kier molecular flexibility index (Phi) is 3.46. The van der Waals surface area contributed by atoms with Gasteiger partial charge in [-0.05, 0) is 47.5 Å². The highest BCUT2D eigenvalue weighted by Crippen LogP contribution is 2.28. The van der Waals surface area contributed by atoms with Gasteiger partial charge in [0.15, 0.2) is 0 Å². The molecule has 17 heavy (non-hydrogen) atoms. The van der Waals surface area contributed by atoms with Gasteiger partial charge in [-0.25, -0.2) is 4.39 Å². The maximum Gasteiger partial charge on any atom is 0.150 e. The summed E-state index contributed by atoms with van der Waals surface area (Å²) < 4.78 is 13.3. The van der Waals surface area contributed by atoms with Crippen molar-refractivity contribution in [1.82, 2.24) is 0 Å². The third-order valence-electron chi connectivity index (χ3n) is 2.25. The van der Waals surface area contributed by atoms with Gasteiger partial charge in [0.05, 0.1) is 0 Å². The van der Waals surface area contributed by atoms with Gasteiger partial charge in [-0.3, -0.25) is 4.79 Å². The standard InChI is InChI=1S/C13H7Cl2FO/c14-11-3-10(4-12(15)6-11)9-1-8(7-17)2-13(16)5-9/h1-7H. The third-order valence-corrected chi connectivity index (χ3v) is 2.69. The summed E-state index contributed by atoms with van der Waals surface area (Å²) in [6, 6.07) is 9.00. The monoisotopic (exact) mass is 268 g/mol. The summed E-state index contributed by atoms with van der Waals surface area (Å²) in [6.45, 7) is 0. The maximum absolute atomic E-state index is 13.3. The number of carbonyl (C=O) groups excluding carboxylic acids is 1. The van der Waals surface area contributed by atoms with Gasteiger partial charge < -0.3 is 0 Å². The molecular formula is C13H7Cl2FO. The smallest absolute Gasteiger partial charge is 0.150 e. The minimum atomic E-state index is -0.472. The minimum Gasteiger partial charge on any atom is -0.298 e. The Morgan fingerprint density at radius 3 is 2.06 bits per heavy atom.